The van der Waals surface area contributed by atoms with Crippen LogP contribution >= 0.6 is 11.6 Å². The first-order valence-electron chi connectivity index (χ1n) is 6.75. The summed E-state index contributed by atoms with van der Waals surface area (Å²) in [6, 6.07) is 14.8. The molecule has 21 heavy (non-hydrogen) atoms. The summed E-state index contributed by atoms with van der Waals surface area (Å²) in [6.45, 7) is 2.81. The van der Waals surface area contributed by atoms with E-state index in [1.54, 1.807) is 12.1 Å². The third kappa shape index (κ3) is 2.65. The molecule has 3 nitrogen and oxygen atoms in total. The van der Waals surface area contributed by atoms with Gasteiger partial charge in [-0.2, -0.15) is 0 Å². The van der Waals surface area contributed by atoms with Crippen molar-refractivity contribution in [2.24, 2.45) is 0 Å². The zero-order valence-corrected chi connectivity index (χ0v) is 12.3. The van der Waals surface area contributed by atoms with E-state index in [-0.39, 0.29) is 5.63 Å². The van der Waals surface area contributed by atoms with Crippen molar-refractivity contribution in [1.82, 2.24) is 0 Å². The highest BCUT2D eigenvalue weighted by atomic mass is 35.5. The van der Waals surface area contributed by atoms with E-state index >= 15 is 0 Å². The second-order valence-corrected chi connectivity index (χ2v) is 5.12. The van der Waals surface area contributed by atoms with Gasteiger partial charge in [-0.1, -0.05) is 29.8 Å². The molecule has 0 aliphatic rings. The minimum absolute atomic E-state index is 0.385. The van der Waals surface area contributed by atoms with E-state index in [0.29, 0.717) is 21.7 Å². The van der Waals surface area contributed by atoms with Gasteiger partial charge in [0.25, 0.3) is 0 Å². The highest BCUT2D eigenvalue weighted by Gasteiger charge is 2.11. The molecule has 0 fully saturated rings. The first-order valence-corrected chi connectivity index (χ1v) is 7.13. The lowest BCUT2D eigenvalue weighted by atomic mass is 10.1. The SMILES string of the molecule is CCNc1ccc(Cl)c(-c2cc3ccccc3oc2=O)c1. The largest absolute Gasteiger partial charge is 0.422 e. The van der Waals surface area contributed by atoms with Crippen molar-refractivity contribution in [2.75, 3.05) is 11.9 Å². The van der Waals surface area contributed by atoms with Crippen LogP contribution in [0.1, 0.15) is 6.92 Å². The zero-order chi connectivity index (χ0) is 14.8. The molecule has 0 radical (unpaired) electrons. The van der Waals surface area contributed by atoms with Crippen molar-refractivity contribution in [3.05, 3.63) is 64.0 Å². The first-order chi connectivity index (χ1) is 10.2. The van der Waals surface area contributed by atoms with Gasteiger partial charge in [0.2, 0.25) is 0 Å². The Hall–Kier alpha value is -2.26. The molecule has 0 spiro atoms. The number of rotatable bonds is 3. The van der Waals surface area contributed by atoms with Gasteiger partial charge in [-0.15, -0.1) is 0 Å². The summed E-state index contributed by atoms with van der Waals surface area (Å²) < 4.78 is 5.37. The molecule has 3 aromatic rings. The van der Waals surface area contributed by atoms with Gasteiger partial charge in [-0.3, -0.25) is 0 Å². The Morgan fingerprint density at radius 1 is 1.10 bits per heavy atom. The maximum atomic E-state index is 12.2. The fourth-order valence-electron chi connectivity index (χ4n) is 2.30. The van der Waals surface area contributed by atoms with E-state index in [1.165, 1.54) is 0 Å². The van der Waals surface area contributed by atoms with Gasteiger partial charge >= 0.3 is 5.63 Å². The Morgan fingerprint density at radius 3 is 2.71 bits per heavy atom. The predicted octanol–water partition coefficient (Wildman–Crippen LogP) is 4.55. The van der Waals surface area contributed by atoms with Crippen LogP contribution in [0.25, 0.3) is 22.1 Å². The standard InChI is InChI=1S/C17H14ClNO2/c1-2-19-12-7-8-15(18)13(10-12)14-9-11-5-3-4-6-16(11)21-17(14)20/h3-10,19H,2H2,1H3. The highest BCUT2D eigenvalue weighted by Crippen LogP contribution is 2.30. The molecule has 3 rings (SSSR count). The number of para-hydroxylation sites is 1. The summed E-state index contributed by atoms with van der Waals surface area (Å²) in [6.07, 6.45) is 0. The van der Waals surface area contributed by atoms with Gasteiger partial charge in [0, 0.05) is 28.2 Å². The van der Waals surface area contributed by atoms with Crippen LogP contribution in [0.5, 0.6) is 0 Å². The quantitative estimate of drug-likeness (QED) is 0.722. The third-order valence-electron chi connectivity index (χ3n) is 3.28. The lowest BCUT2D eigenvalue weighted by molar-refractivity contribution is 0.563. The van der Waals surface area contributed by atoms with E-state index in [1.807, 2.05) is 43.3 Å². The van der Waals surface area contributed by atoms with Gasteiger partial charge in [0.15, 0.2) is 0 Å². The van der Waals surface area contributed by atoms with Crippen molar-refractivity contribution < 1.29 is 4.42 Å². The fourth-order valence-corrected chi connectivity index (χ4v) is 2.51. The van der Waals surface area contributed by atoms with Crippen LogP contribution in [0.3, 0.4) is 0 Å². The number of nitrogens with one attached hydrogen (secondary N) is 1. The zero-order valence-electron chi connectivity index (χ0n) is 11.5. The molecule has 0 aliphatic heterocycles. The van der Waals surface area contributed by atoms with Gasteiger partial charge in [-0.05, 0) is 37.3 Å². The van der Waals surface area contributed by atoms with Gasteiger partial charge in [0.1, 0.15) is 5.58 Å². The molecule has 0 saturated carbocycles. The van der Waals surface area contributed by atoms with Crippen LogP contribution in [0.15, 0.2) is 57.7 Å². The molecule has 0 amide bonds. The normalized spacial score (nSPS) is 10.8. The van der Waals surface area contributed by atoms with Crippen molar-refractivity contribution >= 4 is 28.3 Å². The van der Waals surface area contributed by atoms with E-state index < -0.39 is 0 Å². The monoisotopic (exact) mass is 299 g/mol. The van der Waals surface area contributed by atoms with Crippen LogP contribution in [0.2, 0.25) is 5.02 Å². The van der Waals surface area contributed by atoms with Gasteiger partial charge in [-0.25, -0.2) is 4.79 Å². The lowest BCUT2D eigenvalue weighted by Gasteiger charge is -2.08. The van der Waals surface area contributed by atoms with Crippen molar-refractivity contribution in [1.29, 1.82) is 0 Å². The van der Waals surface area contributed by atoms with E-state index in [9.17, 15) is 4.79 Å². The number of anilines is 1. The van der Waals surface area contributed by atoms with Crippen LogP contribution in [-0.4, -0.2) is 6.54 Å². The molecule has 1 heterocycles. The molecule has 0 atom stereocenters. The third-order valence-corrected chi connectivity index (χ3v) is 3.61. The number of benzene rings is 2. The Bertz CT molecular complexity index is 855. The molecule has 0 bridgehead atoms. The lowest BCUT2D eigenvalue weighted by Crippen LogP contribution is -2.04. The Kier molecular flexibility index (Phi) is 3.67. The van der Waals surface area contributed by atoms with Crippen LogP contribution in [0.4, 0.5) is 5.69 Å². The smallest absolute Gasteiger partial charge is 0.344 e. The second kappa shape index (κ2) is 5.62. The molecule has 0 aliphatic carbocycles. The minimum atomic E-state index is -0.385. The fraction of sp³-hybridized carbons (Fsp3) is 0.118. The van der Waals surface area contributed by atoms with Crippen LogP contribution in [0, 0.1) is 0 Å². The predicted molar refractivity (Wildman–Crippen MR) is 87.1 cm³/mol. The van der Waals surface area contributed by atoms with Crippen molar-refractivity contribution in [3.8, 4) is 11.1 Å². The average molecular weight is 300 g/mol. The molecule has 106 valence electrons. The maximum absolute atomic E-state index is 12.2. The summed E-state index contributed by atoms with van der Waals surface area (Å²) in [5.74, 6) is 0. The van der Waals surface area contributed by atoms with Crippen molar-refractivity contribution in [3.63, 3.8) is 0 Å². The molecule has 0 saturated heterocycles. The molecule has 2 aromatic carbocycles. The van der Waals surface area contributed by atoms with Crippen LogP contribution in [-0.2, 0) is 0 Å². The average Bonchev–Trinajstić information content (AvgIpc) is 2.49. The van der Waals surface area contributed by atoms with E-state index in [0.717, 1.165) is 17.6 Å². The molecular formula is C17H14ClNO2. The summed E-state index contributed by atoms with van der Waals surface area (Å²) in [4.78, 5) is 12.2. The first kappa shape index (κ1) is 13.7. The summed E-state index contributed by atoms with van der Waals surface area (Å²) in [7, 11) is 0. The second-order valence-electron chi connectivity index (χ2n) is 4.71. The number of fused-ring (bicyclic) bond motifs is 1. The highest BCUT2D eigenvalue weighted by molar-refractivity contribution is 6.33. The molecule has 1 aromatic heterocycles. The van der Waals surface area contributed by atoms with Crippen LogP contribution < -0.4 is 10.9 Å². The Balaban J connectivity index is 2.22. The molecule has 0 unspecified atom stereocenters. The summed E-state index contributed by atoms with van der Waals surface area (Å²) in [5, 5.41) is 4.61. The number of hydrogen-bond donors (Lipinski definition) is 1. The van der Waals surface area contributed by atoms with E-state index in [2.05, 4.69) is 5.32 Å². The van der Waals surface area contributed by atoms with Crippen molar-refractivity contribution in [2.45, 2.75) is 6.92 Å². The molecule has 4 heteroatoms. The summed E-state index contributed by atoms with van der Waals surface area (Å²) in [5.41, 5.74) is 2.26. The minimum Gasteiger partial charge on any atom is -0.422 e. The summed E-state index contributed by atoms with van der Waals surface area (Å²) >= 11 is 6.25. The maximum Gasteiger partial charge on any atom is 0.344 e. The van der Waals surface area contributed by atoms with Gasteiger partial charge in [0.05, 0.1) is 5.56 Å². The Labute approximate surface area is 127 Å². The molecular weight excluding hydrogens is 286 g/mol. The number of hydrogen-bond acceptors (Lipinski definition) is 3. The number of halogens is 1. The van der Waals surface area contributed by atoms with Gasteiger partial charge < -0.3 is 9.73 Å². The Morgan fingerprint density at radius 2 is 1.90 bits per heavy atom. The van der Waals surface area contributed by atoms with E-state index in [4.69, 9.17) is 16.0 Å². The molecule has 1 N–H and O–H groups in total. The topological polar surface area (TPSA) is 42.2 Å².